The smallest absolute Gasteiger partial charge is 0.257 e. The third-order valence-corrected chi connectivity index (χ3v) is 3.31. The molecule has 1 fully saturated rings. The third-order valence-electron chi connectivity index (χ3n) is 3.31. The summed E-state index contributed by atoms with van der Waals surface area (Å²) in [5, 5.41) is 6.68. The summed E-state index contributed by atoms with van der Waals surface area (Å²) in [6.45, 7) is 9.76. The van der Waals surface area contributed by atoms with E-state index in [-0.39, 0.29) is 11.9 Å². The highest BCUT2D eigenvalue weighted by atomic mass is 16.2. The molecule has 1 amide bonds. The zero-order valence-electron chi connectivity index (χ0n) is 12.7. The molecule has 20 heavy (non-hydrogen) atoms. The van der Waals surface area contributed by atoms with Crippen molar-refractivity contribution in [2.24, 2.45) is 0 Å². The van der Waals surface area contributed by atoms with Gasteiger partial charge < -0.3 is 15.5 Å². The van der Waals surface area contributed by atoms with E-state index in [0.29, 0.717) is 23.5 Å². The number of anilines is 1. The van der Waals surface area contributed by atoms with Gasteiger partial charge in [0.15, 0.2) is 0 Å². The van der Waals surface area contributed by atoms with Crippen molar-refractivity contribution in [3.05, 3.63) is 23.9 Å². The van der Waals surface area contributed by atoms with Crippen molar-refractivity contribution in [3.8, 4) is 0 Å². The average Bonchev–Trinajstić information content (AvgIpc) is 2.36. The Labute approximate surface area is 120 Å². The van der Waals surface area contributed by atoms with Crippen molar-refractivity contribution in [1.29, 1.82) is 0 Å². The van der Waals surface area contributed by atoms with Gasteiger partial charge in [-0.25, -0.2) is 4.98 Å². The van der Waals surface area contributed by atoms with Gasteiger partial charge in [-0.2, -0.15) is 0 Å². The largest absolute Gasteiger partial charge is 0.367 e. The maximum atomic E-state index is 12.7. The Balaban J connectivity index is 2.20. The lowest BCUT2D eigenvalue weighted by molar-refractivity contribution is 0.0674. The van der Waals surface area contributed by atoms with Crippen LogP contribution in [0.25, 0.3) is 0 Å². The number of aromatic nitrogens is 1. The summed E-state index contributed by atoms with van der Waals surface area (Å²) >= 11 is 0. The van der Waals surface area contributed by atoms with Crippen LogP contribution in [0, 0.1) is 0 Å². The number of nitrogens with one attached hydrogen (secondary N) is 2. The van der Waals surface area contributed by atoms with E-state index in [9.17, 15) is 4.79 Å². The molecule has 1 saturated heterocycles. The molecular formula is C15H24N4O. The van der Waals surface area contributed by atoms with Gasteiger partial charge in [-0.15, -0.1) is 0 Å². The van der Waals surface area contributed by atoms with E-state index in [1.165, 1.54) is 0 Å². The lowest BCUT2D eigenvalue weighted by atomic mass is 10.1. The summed E-state index contributed by atoms with van der Waals surface area (Å²) in [6.07, 6.45) is 1.71. The first-order chi connectivity index (χ1) is 9.47. The van der Waals surface area contributed by atoms with Crippen LogP contribution < -0.4 is 10.6 Å². The number of hydrogen-bond acceptors (Lipinski definition) is 4. The summed E-state index contributed by atoms with van der Waals surface area (Å²) in [7, 11) is 0. The summed E-state index contributed by atoms with van der Waals surface area (Å²) in [6, 6.07) is 4.55. The standard InChI is InChI=1S/C15H24N4O/c1-10(2)17-14-13(6-5-7-16-14)15(20)19-8-11(3)18-12(4)9-19/h5-7,10-12,18H,8-9H2,1-4H3,(H,16,17). The Morgan fingerprint density at radius 2 is 2.05 bits per heavy atom. The molecule has 1 aromatic heterocycles. The third kappa shape index (κ3) is 3.48. The molecular weight excluding hydrogens is 252 g/mol. The molecule has 5 heteroatoms. The molecule has 110 valence electrons. The second kappa shape index (κ2) is 6.22. The molecule has 2 atom stereocenters. The van der Waals surface area contributed by atoms with Crippen molar-refractivity contribution < 1.29 is 4.79 Å². The summed E-state index contributed by atoms with van der Waals surface area (Å²) in [4.78, 5) is 18.9. The van der Waals surface area contributed by atoms with Gasteiger partial charge in [0.2, 0.25) is 0 Å². The van der Waals surface area contributed by atoms with Crippen LogP contribution in [-0.2, 0) is 0 Å². The van der Waals surface area contributed by atoms with Crippen LogP contribution >= 0.6 is 0 Å². The van der Waals surface area contributed by atoms with E-state index in [2.05, 4.69) is 29.5 Å². The number of hydrogen-bond donors (Lipinski definition) is 2. The molecule has 0 aliphatic carbocycles. The zero-order valence-corrected chi connectivity index (χ0v) is 12.7. The van der Waals surface area contributed by atoms with E-state index < -0.39 is 0 Å². The highest BCUT2D eigenvalue weighted by Gasteiger charge is 2.27. The Morgan fingerprint density at radius 3 is 2.65 bits per heavy atom. The average molecular weight is 276 g/mol. The van der Waals surface area contributed by atoms with Crippen LogP contribution in [0.1, 0.15) is 38.1 Å². The number of carbonyl (C=O) groups is 1. The number of pyridine rings is 1. The fourth-order valence-electron chi connectivity index (χ4n) is 2.63. The number of piperazine rings is 1. The molecule has 2 heterocycles. The van der Waals surface area contributed by atoms with Gasteiger partial charge >= 0.3 is 0 Å². The van der Waals surface area contributed by atoms with Crippen molar-refractivity contribution in [2.75, 3.05) is 18.4 Å². The Kier molecular flexibility index (Phi) is 4.60. The molecule has 2 rings (SSSR count). The van der Waals surface area contributed by atoms with Gasteiger partial charge in [0.25, 0.3) is 5.91 Å². The summed E-state index contributed by atoms with van der Waals surface area (Å²) < 4.78 is 0. The van der Waals surface area contributed by atoms with Gasteiger partial charge in [-0.1, -0.05) is 0 Å². The van der Waals surface area contributed by atoms with E-state index in [1.54, 1.807) is 6.20 Å². The monoisotopic (exact) mass is 276 g/mol. The minimum absolute atomic E-state index is 0.0569. The van der Waals surface area contributed by atoms with E-state index >= 15 is 0 Å². The van der Waals surface area contributed by atoms with Crippen molar-refractivity contribution in [3.63, 3.8) is 0 Å². The number of amides is 1. The first-order valence-electron chi connectivity index (χ1n) is 7.24. The fraction of sp³-hybridized carbons (Fsp3) is 0.600. The molecule has 1 aliphatic heterocycles. The van der Waals surface area contributed by atoms with E-state index in [4.69, 9.17) is 0 Å². The second-order valence-electron chi connectivity index (χ2n) is 5.88. The fourth-order valence-corrected chi connectivity index (χ4v) is 2.63. The lowest BCUT2D eigenvalue weighted by Crippen LogP contribution is -2.55. The zero-order chi connectivity index (χ0) is 14.7. The second-order valence-corrected chi connectivity index (χ2v) is 5.88. The highest BCUT2D eigenvalue weighted by molar-refractivity contribution is 5.98. The van der Waals surface area contributed by atoms with Gasteiger partial charge in [0.05, 0.1) is 5.56 Å². The quantitative estimate of drug-likeness (QED) is 0.882. The molecule has 0 spiro atoms. The van der Waals surface area contributed by atoms with Crippen LogP contribution in [0.2, 0.25) is 0 Å². The summed E-state index contributed by atoms with van der Waals surface area (Å²) in [5.41, 5.74) is 0.655. The van der Waals surface area contributed by atoms with Crippen LogP contribution in [0.5, 0.6) is 0 Å². The minimum Gasteiger partial charge on any atom is -0.367 e. The minimum atomic E-state index is 0.0569. The lowest BCUT2D eigenvalue weighted by Gasteiger charge is -2.36. The number of rotatable bonds is 3. The molecule has 0 radical (unpaired) electrons. The molecule has 0 bridgehead atoms. The Hall–Kier alpha value is -1.62. The topological polar surface area (TPSA) is 57.3 Å². The molecule has 0 saturated carbocycles. The van der Waals surface area contributed by atoms with Crippen molar-refractivity contribution >= 4 is 11.7 Å². The van der Waals surface area contributed by atoms with Gasteiger partial charge in [-0.05, 0) is 39.8 Å². The van der Waals surface area contributed by atoms with Crippen LogP contribution in [0.3, 0.4) is 0 Å². The van der Waals surface area contributed by atoms with E-state index in [0.717, 1.165) is 13.1 Å². The number of nitrogens with zero attached hydrogens (tertiary/aromatic N) is 2. The Bertz CT molecular complexity index is 465. The van der Waals surface area contributed by atoms with Crippen LogP contribution in [0.4, 0.5) is 5.82 Å². The van der Waals surface area contributed by atoms with Gasteiger partial charge in [0.1, 0.15) is 5.82 Å². The summed E-state index contributed by atoms with van der Waals surface area (Å²) in [5.74, 6) is 0.729. The highest BCUT2D eigenvalue weighted by Crippen LogP contribution is 2.17. The van der Waals surface area contributed by atoms with Crippen LogP contribution in [0.15, 0.2) is 18.3 Å². The normalized spacial score (nSPS) is 22.9. The maximum Gasteiger partial charge on any atom is 0.257 e. The molecule has 1 aromatic rings. The van der Waals surface area contributed by atoms with Gasteiger partial charge in [-0.3, -0.25) is 4.79 Å². The van der Waals surface area contributed by atoms with Gasteiger partial charge in [0, 0.05) is 37.4 Å². The maximum absolute atomic E-state index is 12.7. The Morgan fingerprint density at radius 1 is 1.40 bits per heavy atom. The SMILES string of the molecule is CC(C)Nc1ncccc1C(=O)N1CC(C)NC(C)C1. The van der Waals surface area contributed by atoms with Crippen molar-refractivity contribution in [2.45, 2.75) is 45.8 Å². The van der Waals surface area contributed by atoms with Crippen LogP contribution in [-0.4, -0.2) is 47.0 Å². The predicted octanol–water partition coefficient (Wildman–Crippen LogP) is 1.72. The molecule has 1 aliphatic rings. The predicted molar refractivity (Wildman–Crippen MR) is 81.0 cm³/mol. The molecule has 5 nitrogen and oxygen atoms in total. The van der Waals surface area contributed by atoms with E-state index in [1.807, 2.05) is 30.9 Å². The molecule has 0 aromatic carbocycles. The molecule has 2 N–H and O–H groups in total. The first kappa shape index (κ1) is 14.8. The van der Waals surface area contributed by atoms with Crippen molar-refractivity contribution in [1.82, 2.24) is 15.2 Å². The number of carbonyl (C=O) groups excluding carboxylic acids is 1. The molecule has 2 unspecified atom stereocenters. The first-order valence-corrected chi connectivity index (χ1v) is 7.24.